The van der Waals surface area contributed by atoms with Crippen LogP contribution in [0, 0.1) is 16.0 Å². The molecule has 1 saturated heterocycles. The number of anilines is 1. The van der Waals surface area contributed by atoms with E-state index in [0.717, 1.165) is 0 Å². The lowest BCUT2D eigenvalue weighted by atomic mass is 10.1. The Morgan fingerprint density at radius 2 is 2.17 bits per heavy atom. The number of rotatable bonds is 3. The number of carboxylic acids is 1. The maximum atomic E-state index is 11.6. The van der Waals surface area contributed by atoms with E-state index >= 15 is 0 Å². The number of nitrogens with zero attached hydrogens (tertiary/aromatic N) is 2. The van der Waals surface area contributed by atoms with Gasteiger partial charge in [-0.25, -0.2) is 0 Å². The molecule has 0 aromatic heterocycles. The Labute approximate surface area is 102 Å². The number of amides is 1. The predicted molar refractivity (Wildman–Crippen MR) is 58.6 cm³/mol. The first kappa shape index (κ1) is 12.0. The zero-order chi connectivity index (χ0) is 13.3. The Balaban J connectivity index is 2.27. The molecule has 0 bridgehead atoms. The highest BCUT2D eigenvalue weighted by Crippen LogP contribution is 2.27. The van der Waals surface area contributed by atoms with Crippen molar-refractivity contribution in [2.24, 2.45) is 5.92 Å². The van der Waals surface area contributed by atoms with Crippen LogP contribution in [0.25, 0.3) is 0 Å². The van der Waals surface area contributed by atoms with Crippen LogP contribution in [0.5, 0.6) is 0 Å². The highest BCUT2D eigenvalue weighted by molar-refractivity contribution is 5.99. The van der Waals surface area contributed by atoms with Gasteiger partial charge in [0.05, 0.1) is 10.6 Å². The number of hydrogen-bond donors (Lipinski definition) is 0. The van der Waals surface area contributed by atoms with Gasteiger partial charge in [0, 0.05) is 37.0 Å². The zero-order valence-corrected chi connectivity index (χ0v) is 9.24. The average Bonchev–Trinajstić information content (AvgIpc) is 2.72. The molecule has 1 fully saturated rings. The van der Waals surface area contributed by atoms with Gasteiger partial charge in [0.15, 0.2) is 0 Å². The summed E-state index contributed by atoms with van der Waals surface area (Å²) in [6.07, 6.45) is -0.134. The molecule has 0 aliphatic carbocycles. The molecule has 1 aliphatic rings. The van der Waals surface area contributed by atoms with Crippen LogP contribution in [0.1, 0.15) is 6.42 Å². The van der Waals surface area contributed by atoms with Crippen molar-refractivity contribution in [3.8, 4) is 0 Å². The van der Waals surface area contributed by atoms with Crippen LogP contribution in [0.4, 0.5) is 11.4 Å². The molecule has 7 heteroatoms. The normalized spacial score (nSPS) is 19.0. The maximum absolute atomic E-state index is 11.6. The van der Waals surface area contributed by atoms with Crippen LogP contribution in [-0.4, -0.2) is 23.3 Å². The van der Waals surface area contributed by atoms with Crippen LogP contribution in [0.2, 0.25) is 0 Å². The van der Waals surface area contributed by atoms with E-state index in [2.05, 4.69) is 0 Å². The quantitative estimate of drug-likeness (QED) is 0.540. The molecule has 0 saturated carbocycles. The summed E-state index contributed by atoms with van der Waals surface area (Å²) < 4.78 is 0. The van der Waals surface area contributed by atoms with Gasteiger partial charge in [-0.15, -0.1) is 0 Å². The van der Waals surface area contributed by atoms with Crippen molar-refractivity contribution in [1.82, 2.24) is 0 Å². The van der Waals surface area contributed by atoms with Crippen molar-refractivity contribution in [3.05, 3.63) is 34.4 Å². The number of nitro groups is 1. The van der Waals surface area contributed by atoms with Gasteiger partial charge in [0.2, 0.25) is 5.91 Å². The van der Waals surface area contributed by atoms with Crippen LogP contribution in [0.15, 0.2) is 24.3 Å². The fourth-order valence-corrected chi connectivity index (χ4v) is 1.89. The highest BCUT2D eigenvalue weighted by atomic mass is 16.6. The largest absolute Gasteiger partial charge is 0.550 e. The lowest BCUT2D eigenvalue weighted by Gasteiger charge is -2.16. The van der Waals surface area contributed by atoms with Gasteiger partial charge in [0.25, 0.3) is 5.69 Å². The number of hydrogen-bond acceptors (Lipinski definition) is 5. The molecule has 2 rings (SSSR count). The number of carboxylic acid groups (broad SMARTS) is 1. The molecule has 0 radical (unpaired) electrons. The number of aliphatic carboxylic acids is 1. The van der Waals surface area contributed by atoms with E-state index in [-0.39, 0.29) is 24.6 Å². The van der Waals surface area contributed by atoms with Crippen molar-refractivity contribution < 1.29 is 19.6 Å². The molecule has 1 aromatic rings. The van der Waals surface area contributed by atoms with E-state index in [0.29, 0.717) is 5.69 Å². The Hall–Kier alpha value is -2.44. The number of nitro benzene ring substituents is 1. The number of carbonyl (C=O) groups is 2. The summed E-state index contributed by atoms with van der Waals surface area (Å²) in [5, 5.41) is 21.3. The van der Waals surface area contributed by atoms with Gasteiger partial charge in [0.1, 0.15) is 0 Å². The Bertz CT molecular complexity index is 528. The Kier molecular flexibility index (Phi) is 2.97. The summed E-state index contributed by atoms with van der Waals surface area (Å²) in [5.41, 5.74) is 0.190. The summed E-state index contributed by atoms with van der Waals surface area (Å²) in [6, 6.07) is 5.53. The number of benzene rings is 1. The molecule has 0 spiro atoms. The fraction of sp³-hybridized carbons (Fsp3) is 0.273. The second-order valence-electron chi connectivity index (χ2n) is 4.00. The lowest BCUT2D eigenvalue weighted by molar-refractivity contribution is -0.384. The molecule has 1 aromatic carbocycles. The van der Waals surface area contributed by atoms with E-state index in [9.17, 15) is 24.8 Å². The molecule has 18 heavy (non-hydrogen) atoms. The van der Waals surface area contributed by atoms with Crippen LogP contribution >= 0.6 is 0 Å². The second kappa shape index (κ2) is 4.44. The molecule has 0 unspecified atom stereocenters. The van der Waals surface area contributed by atoms with Gasteiger partial charge >= 0.3 is 0 Å². The monoisotopic (exact) mass is 249 g/mol. The van der Waals surface area contributed by atoms with Gasteiger partial charge in [-0.3, -0.25) is 14.9 Å². The first-order valence-electron chi connectivity index (χ1n) is 5.24. The van der Waals surface area contributed by atoms with Crippen LogP contribution < -0.4 is 10.0 Å². The summed E-state index contributed by atoms with van der Waals surface area (Å²) >= 11 is 0. The third-order valence-corrected chi connectivity index (χ3v) is 2.81. The second-order valence-corrected chi connectivity index (χ2v) is 4.00. The van der Waals surface area contributed by atoms with Crippen molar-refractivity contribution in [2.75, 3.05) is 11.4 Å². The predicted octanol–water partition coefficient (Wildman–Crippen LogP) is -0.302. The minimum absolute atomic E-state index is 0.0116. The number of carbonyl (C=O) groups excluding carboxylic acids is 2. The molecule has 1 atom stereocenters. The van der Waals surface area contributed by atoms with E-state index < -0.39 is 16.8 Å². The standard InChI is InChI=1S/C11H10N2O5/c14-10-4-7(11(15)16)6-12(10)8-2-1-3-9(5-8)13(17)18/h1-3,5,7H,4,6H2,(H,15,16)/p-1/t7-/m1/s1. The van der Waals surface area contributed by atoms with Gasteiger partial charge in [-0.1, -0.05) is 6.07 Å². The van der Waals surface area contributed by atoms with E-state index in [4.69, 9.17) is 0 Å². The third-order valence-electron chi connectivity index (χ3n) is 2.81. The smallest absolute Gasteiger partial charge is 0.271 e. The van der Waals surface area contributed by atoms with Crippen LogP contribution in [0.3, 0.4) is 0 Å². The van der Waals surface area contributed by atoms with Crippen molar-refractivity contribution >= 4 is 23.3 Å². The van der Waals surface area contributed by atoms with Gasteiger partial charge in [-0.05, 0) is 6.07 Å². The van der Waals surface area contributed by atoms with Gasteiger partial charge in [-0.2, -0.15) is 0 Å². The lowest BCUT2D eigenvalue weighted by Crippen LogP contribution is -2.33. The summed E-state index contributed by atoms with van der Waals surface area (Å²) in [4.78, 5) is 33.6. The van der Waals surface area contributed by atoms with E-state index in [1.165, 1.54) is 29.2 Å². The first-order chi connectivity index (χ1) is 8.49. The molecule has 0 N–H and O–H groups in total. The van der Waals surface area contributed by atoms with E-state index in [1.54, 1.807) is 0 Å². The third kappa shape index (κ3) is 2.15. The number of non-ortho nitro benzene ring substituents is 1. The minimum Gasteiger partial charge on any atom is -0.550 e. The average molecular weight is 249 g/mol. The van der Waals surface area contributed by atoms with E-state index in [1.807, 2.05) is 0 Å². The molecular weight excluding hydrogens is 240 g/mol. The Morgan fingerprint density at radius 1 is 1.44 bits per heavy atom. The summed E-state index contributed by atoms with van der Waals surface area (Å²) in [7, 11) is 0. The molecule has 1 aliphatic heterocycles. The zero-order valence-electron chi connectivity index (χ0n) is 9.24. The molecule has 7 nitrogen and oxygen atoms in total. The maximum Gasteiger partial charge on any atom is 0.271 e. The Morgan fingerprint density at radius 3 is 2.72 bits per heavy atom. The minimum atomic E-state index is -1.28. The molecule has 1 amide bonds. The van der Waals surface area contributed by atoms with Crippen LogP contribution in [-0.2, 0) is 9.59 Å². The first-order valence-corrected chi connectivity index (χ1v) is 5.24. The fourth-order valence-electron chi connectivity index (χ4n) is 1.89. The van der Waals surface area contributed by atoms with Gasteiger partial charge < -0.3 is 14.8 Å². The molecular formula is C11H9N2O5-. The topological polar surface area (TPSA) is 104 Å². The highest BCUT2D eigenvalue weighted by Gasteiger charge is 2.31. The van der Waals surface area contributed by atoms with Crippen molar-refractivity contribution in [3.63, 3.8) is 0 Å². The summed E-state index contributed by atoms with van der Waals surface area (Å²) in [6.45, 7) is -0.0116. The SMILES string of the molecule is O=C([O-])[C@@H]1CC(=O)N(c2cccc([N+](=O)[O-])c2)C1. The molecule has 1 heterocycles. The molecule has 94 valence electrons. The summed E-state index contributed by atoms with van der Waals surface area (Å²) in [5.74, 6) is -2.52. The van der Waals surface area contributed by atoms with Crippen molar-refractivity contribution in [1.29, 1.82) is 0 Å². The van der Waals surface area contributed by atoms with Crippen molar-refractivity contribution in [2.45, 2.75) is 6.42 Å².